The molecule has 1 saturated heterocycles. The van der Waals surface area contributed by atoms with Crippen LogP contribution < -0.4 is 5.32 Å². The Labute approximate surface area is 127 Å². The molecule has 0 aromatic heterocycles. The Kier molecular flexibility index (Phi) is 4.15. The minimum absolute atomic E-state index is 0.0136. The standard InChI is InChI=1S/C17H25N3O/c1-19-11-5-6-13(12-19)20(2)17(21)15-9-10-18-16-8-4-3-7-14(15)16/h3-4,7-8,13,15,18H,5-6,9-12H2,1-2H3. The number of para-hydroxylation sites is 1. The number of likely N-dealkylation sites (tertiary alicyclic amines) is 1. The molecule has 2 aliphatic heterocycles. The quantitative estimate of drug-likeness (QED) is 0.905. The van der Waals surface area contributed by atoms with E-state index >= 15 is 0 Å². The first kappa shape index (κ1) is 14.4. The van der Waals surface area contributed by atoms with Gasteiger partial charge in [-0.05, 0) is 44.5 Å². The molecule has 0 bridgehead atoms. The number of amides is 1. The van der Waals surface area contributed by atoms with Crippen molar-refractivity contribution in [2.75, 3.05) is 39.0 Å². The largest absolute Gasteiger partial charge is 0.385 e. The Morgan fingerprint density at radius 1 is 1.33 bits per heavy atom. The SMILES string of the molecule is CN1CCCC(N(C)C(=O)C2CCNc3ccccc32)C1. The van der Waals surface area contributed by atoms with Crippen molar-refractivity contribution in [1.29, 1.82) is 0 Å². The number of carbonyl (C=O) groups excluding carboxylic acids is 1. The average molecular weight is 287 g/mol. The van der Waals surface area contributed by atoms with Crippen LogP contribution in [0.15, 0.2) is 24.3 Å². The highest BCUT2D eigenvalue weighted by molar-refractivity contribution is 5.86. The van der Waals surface area contributed by atoms with E-state index in [2.05, 4.69) is 29.4 Å². The van der Waals surface area contributed by atoms with Gasteiger partial charge in [0.1, 0.15) is 0 Å². The van der Waals surface area contributed by atoms with Crippen LogP contribution in [-0.4, -0.2) is 55.5 Å². The summed E-state index contributed by atoms with van der Waals surface area (Å²) in [5.41, 5.74) is 2.28. The number of hydrogen-bond acceptors (Lipinski definition) is 3. The van der Waals surface area contributed by atoms with Crippen molar-refractivity contribution in [3.8, 4) is 0 Å². The fourth-order valence-corrected chi connectivity index (χ4v) is 3.61. The maximum atomic E-state index is 12.9. The summed E-state index contributed by atoms with van der Waals surface area (Å²) in [4.78, 5) is 17.3. The summed E-state index contributed by atoms with van der Waals surface area (Å²) in [5.74, 6) is 0.295. The lowest BCUT2D eigenvalue weighted by molar-refractivity contribution is -0.134. The molecule has 1 N–H and O–H groups in total. The Balaban J connectivity index is 1.76. The smallest absolute Gasteiger partial charge is 0.230 e. The van der Waals surface area contributed by atoms with Gasteiger partial charge in [-0.3, -0.25) is 4.79 Å². The van der Waals surface area contributed by atoms with Crippen molar-refractivity contribution in [3.63, 3.8) is 0 Å². The van der Waals surface area contributed by atoms with E-state index in [9.17, 15) is 4.79 Å². The van der Waals surface area contributed by atoms with Crippen LogP contribution in [0.3, 0.4) is 0 Å². The molecule has 0 aliphatic carbocycles. The second-order valence-corrected chi connectivity index (χ2v) is 6.36. The van der Waals surface area contributed by atoms with Gasteiger partial charge in [-0.15, -0.1) is 0 Å². The zero-order valence-electron chi connectivity index (χ0n) is 13.0. The van der Waals surface area contributed by atoms with E-state index in [0.717, 1.165) is 43.7 Å². The zero-order chi connectivity index (χ0) is 14.8. The molecule has 4 nitrogen and oxygen atoms in total. The van der Waals surface area contributed by atoms with Crippen LogP contribution in [0, 0.1) is 0 Å². The van der Waals surface area contributed by atoms with Crippen molar-refractivity contribution in [2.24, 2.45) is 0 Å². The normalized spacial score (nSPS) is 25.8. The number of benzene rings is 1. The molecule has 2 atom stereocenters. The third kappa shape index (κ3) is 2.91. The highest BCUT2D eigenvalue weighted by Gasteiger charge is 2.32. The number of nitrogens with one attached hydrogen (secondary N) is 1. The minimum Gasteiger partial charge on any atom is -0.385 e. The van der Waals surface area contributed by atoms with Crippen molar-refractivity contribution in [3.05, 3.63) is 29.8 Å². The molecule has 2 unspecified atom stereocenters. The van der Waals surface area contributed by atoms with E-state index < -0.39 is 0 Å². The predicted molar refractivity (Wildman–Crippen MR) is 85.6 cm³/mol. The van der Waals surface area contributed by atoms with Crippen molar-refractivity contribution < 1.29 is 4.79 Å². The number of nitrogens with zero attached hydrogens (tertiary/aromatic N) is 2. The fraction of sp³-hybridized carbons (Fsp3) is 0.588. The number of hydrogen-bond donors (Lipinski definition) is 1. The van der Waals surface area contributed by atoms with Crippen molar-refractivity contribution >= 4 is 11.6 Å². The van der Waals surface area contributed by atoms with Crippen LogP contribution in [-0.2, 0) is 4.79 Å². The Morgan fingerprint density at radius 2 is 2.14 bits per heavy atom. The molecule has 1 amide bonds. The summed E-state index contributed by atoms with van der Waals surface area (Å²) >= 11 is 0. The Morgan fingerprint density at radius 3 is 2.95 bits per heavy atom. The third-order valence-electron chi connectivity index (χ3n) is 4.88. The lowest BCUT2D eigenvalue weighted by Crippen LogP contribution is -2.49. The predicted octanol–water partition coefficient (Wildman–Crippen LogP) is 2.14. The second kappa shape index (κ2) is 6.06. The molecule has 0 saturated carbocycles. The zero-order valence-corrected chi connectivity index (χ0v) is 13.0. The molecule has 3 rings (SSSR count). The number of piperidine rings is 1. The summed E-state index contributed by atoms with van der Waals surface area (Å²) in [5, 5.41) is 3.39. The molecule has 1 aromatic rings. The summed E-state index contributed by atoms with van der Waals surface area (Å²) < 4.78 is 0. The van der Waals surface area contributed by atoms with Gasteiger partial charge in [0.05, 0.1) is 5.92 Å². The van der Waals surface area contributed by atoms with Gasteiger partial charge in [0, 0.05) is 31.9 Å². The van der Waals surface area contributed by atoms with Gasteiger partial charge in [0.15, 0.2) is 0 Å². The molecule has 2 aliphatic rings. The Bertz CT molecular complexity index is 517. The number of likely N-dealkylation sites (N-methyl/N-ethyl adjacent to an activating group) is 2. The van der Waals surface area contributed by atoms with Gasteiger partial charge >= 0.3 is 0 Å². The van der Waals surface area contributed by atoms with E-state index in [-0.39, 0.29) is 11.8 Å². The summed E-state index contributed by atoms with van der Waals surface area (Å²) in [7, 11) is 4.13. The molecule has 114 valence electrons. The van der Waals surface area contributed by atoms with E-state index in [0.29, 0.717) is 6.04 Å². The van der Waals surface area contributed by atoms with E-state index in [1.165, 1.54) is 6.42 Å². The van der Waals surface area contributed by atoms with Crippen molar-refractivity contribution in [1.82, 2.24) is 9.80 Å². The fourth-order valence-electron chi connectivity index (χ4n) is 3.61. The lowest BCUT2D eigenvalue weighted by atomic mass is 9.89. The van der Waals surface area contributed by atoms with Gasteiger partial charge in [-0.25, -0.2) is 0 Å². The first-order valence-corrected chi connectivity index (χ1v) is 7.95. The van der Waals surface area contributed by atoms with Gasteiger partial charge in [0.25, 0.3) is 0 Å². The molecular formula is C17H25N3O. The highest BCUT2D eigenvalue weighted by Crippen LogP contribution is 2.33. The molecule has 0 spiro atoms. The van der Waals surface area contributed by atoms with Gasteiger partial charge in [-0.1, -0.05) is 18.2 Å². The van der Waals surface area contributed by atoms with Crippen LogP contribution in [0.1, 0.15) is 30.7 Å². The third-order valence-corrected chi connectivity index (χ3v) is 4.88. The number of fused-ring (bicyclic) bond motifs is 1. The second-order valence-electron chi connectivity index (χ2n) is 6.36. The van der Waals surface area contributed by atoms with Crippen LogP contribution in [0.4, 0.5) is 5.69 Å². The molecule has 4 heteroatoms. The first-order chi connectivity index (χ1) is 10.2. The molecule has 1 aromatic carbocycles. The van der Waals surface area contributed by atoms with Gasteiger partial charge < -0.3 is 15.1 Å². The lowest BCUT2D eigenvalue weighted by Gasteiger charge is -2.38. The summed E-state index contributed by atoms with van der Waals surface area (Å²) in [6.45, 7) is 3.02. The van der Waals surface area contributed by atoms with E-state index in [1.54, 1.807) is 0 Å². The first-order valence-electron chi connectivity index (χ1n) is 7.95. The van der Waals surface area contributed by atoms with Crippen LogP contribution in [0.2, 0.25) is 0 Å². The van der Waals surface area contributed by atoms with E-state index in [1.807, 2.05) is 24.1 Å². The maximum absolute atomic E-state index is 12.9. The topological polar surface area (TPSA) is 35.6 Å². The number of anilines is 1. The van der Waals surface area contributed by atoms with Crippen LogP contribution in [0.25, 0.3) is 0 Å². The monoisotopic (exact) mass is 287 g/mol. The maximum Gasteiger partial charge on any atom is 0.230 e. The number of rotatable bonds is 2. The summed E-state index contributed by atoms with van der Waals surface area (Å²) in [6, 6.07) is 8.57. The molecule has 2 heterocycles. The van der Waals surface area contributed by atoms with Gasteiger partial charge in [0.2, 0.25) is 5.91 Å². The average Bonchev–Trinajstić information content (AvgIpc) is 2.53. The minimum atomic E-state index is 0.0136. The number of carbonyl (C=O) groups is 1. The van der Waals surface area contributed by atoms with Crippen LogP contribution in [0.5, 0.6) is 0 Å². The highest BCUT2D eigenvalue weighted by atomic mass is 16.2. The Hall–Kier alpha value is -1.55. The molecular weight excluding hydrogens is 262 g/mol. The molecule has 1 fully saturated rings. The van der Waals surface area contributed by atoms with Crippen LogP contribution >= 0.6 is 0 Å². The van der Waals surface area contributed by atoms with Crippen molar-refractivity contribution in [2.45, 2.75) is 31.2 Å². The van der Waals surface area contributed by atoms with E-state index in [4.69, 9.17) is 0 Å². The molecule has 0 radical (unpaired) electrons. The molecule has 21 heavy (non-hydrogen) atoms. The summed E-state index contributed by atoms with van der Waals surface area (Å²) in [6.07, 6.45) is 3.20. The van der Waals surface area contributed by atoms with Gasteiger partial charge in [-0.2, -0.15) is 0 Å².